The molecule has 0 aliphatic carbocycles. The fourth-order valence-electron chi connectivity index (χ4n) is 3.21. The summed E-state index contributed by atoms with van der Waals surface area (Å²) in [5.41, 5.74) is 2.73. The van der Waals surface area contributed by atoms with E-state index in [-0.39, 0.29) is 24.4 Å². The third-order valence-corrected chi connectivity index (χ3v) is 4.61. The number of carbonyl (C=O) groups excluding carboxylic acids is 2. The number of para-hydroxylation sites is 2. The first-order valence-electron chi connectivity index (χ1n) is 8.21. The predicted molar refractivity (Wildman–Crippen MR) is 93.0 cm³/mol. The number of amides is 2. The van der Waals surface area contributed by atoms with Gasteiger partial charge >= 0.3 is 0 Å². The molecule has 0 saturated heterocycles. The minimum absolute atomic E-state index is 0.0408. The van der Waals surface area contributed by atoms with Gasteiger partial charge in [0.05, 0.1) is 24.0 Å². The molecule has 0 saturated carbocycles. The SMILES string of the molecule is COCC1=CCN([C@H](C)C(=O)N2CC(=O)Nc3ccccc32)CC1. The molecule has 1 N–H and O–H groups in total. The van der Waals surface area contributed by atoms with Gasteiger partial charge in [-0.05, 0) is 31.1 Å². The Bertz CT molecular complexity index is 671. The number of hydrogen-bond donors (Lipinski definition) is 1. The molecule has 6 nitrogen and oxygen atoms in total. The smallest absolute Gasteiger partial charge is 0.244 e. The van der Waals surface area contributed by atoms with Crippen LogP contribution < -0.4 is 10.2 Å². The van der Waals surface area contributed by atoms with Crippen molar-refractivity contribution >= 4 is 23.2 Å². The molecule has 6 heteroatoms. The maximum absolute atomic E-state index is 13.0. The Balaban J connectivity index is 1.74. The van der Waals surface area contributed by atoms with Gasteiger partial charge in [-0.15, -0.1) is 0 Å². The number of methoxy groups -OCH3 is 1. The standard InChI is InChI=1S/C18H23N3O3/c1-13(20-9-7-14(8-10-20)12-24-2)18(23)21-11-17(22)19-15-5-3-4-6-16(15)21/h3-7,13H,8-12H2,1-2H3,(H,19,22)/t13-/m1/s1. The molecule has 3 rings (SSSR count). The first-order chi connectivity index (χ1) is 11.6. The molecule has 0 aromatic heterocycles. The highest BCUT2D eigenvalue weighted by atomic mass is 16.5. The number of nitrogens with zero attached hydrogens (tertiary/aromatic N) is 2. The molecule has 2 heterocycles. The topological polar surface area (TPSA) is 61.9 Å². The summed E-state index contributed by atoms with van der Waals surface area (Å²) in [6, 6.07) is 7.14. The van der Waals surface area contributed by atoms with Crippen molar-refractivity contribution < 1.29 is 14.3 Å². The largest absolute Gasteiger partial charge is 0.380 e. The molecule has 0 bridgehead atoms. The number of rotatable bonds is 4. The summed E-state index contributed by atoms with van der Waals surface area (Å²) >= 11 is 0. The second kappa shape index (κ2) is 7.15. The van der Waals surface area contributed by atoms with Crippen LogP contribution in [0, 0.1) is 0 Å². The zero-order valence-electron chi connectivity index (χ0n) is 14.1. The fourth-order valence-corrected chi connectivity index (χ4v) is 3.21. The molecule has 128 valence electrons. The lowest BCUT2D eigenvalue weighted by Crippen LogP contribution is -2.52. The lowest BCUT2D eigenvalue weighted by atomic mass is 10.1. The van der Waals surface area contributed by atoms with Crippen LogP contribution in [0.2, 0.25) is 0 Å². The summed E-state index contributed by atoms with van der Waals surface area (Å²) in [5.74, 6) is -0.198. The molecule has 0 spiro atoms. The second-order valence-electron chi connectivity index (χ2n) is 6.21. The van der Waals surface area contributed by atoms with Crippen molar-refractivity contribution in [1.29, 1.82) is 0 Å². The highest BCUT2D eigenvalue weighted by Gasteiger charge is 2.32. The van der Waals surface area contributed by atoms with Gasteiger partial charge in [-0.3, -0.25) is 19.4 Å². The van der Waals surface area contributed by atoms with Gasteiger partial charge in [0.25, 0.3) is 0 Å². The summed E-state index contributed by atoms with van der Waals surface area (Å²) in [6.45, 7) is 4.18. The zero-order chi connectivity index (χ0) is 17.1. The first kappa shape index (κ1) is 16.7. The summed E-state index contributed by atoms with van der Waals surface area (Å²) in [4.78, 5) is 28.6. The van der Waals surface area contributed by atoms with E-state index in [2.05, 4.69) is 16.3 Å². The monoisotopic (exact) mass is 329 g/mol. The predicted octanol–water partition coefficient (Wildman–Crippen LogP) is 1.64. The van der Waals surface area contributed by atoms with Gasteiger partial charge in [-0.25, -0.2) is 0 Å². The lowest BCUT2D eigenvalue weighted by molar-refractivity contribution is -0.125. The van der Waals surface area contributed by atoms with Crippen LogP contribution in [0.4, 0.5) is 11.4 Å². The van der Waals surface area contributed by atoms with Crippen LogP contribution in [-0.2, 0) is 14.3 Å². The van der Waals surface area contributed by atoms with E-state index in [0.717, 1.165) is 25.2 Å². The average Bonchev–Trinajstić information content (AvgIpc) is 2.60. The number of ether oxygens (including phenoxy) is 1. The highest BCUT2D eigenvalue weighted by molar-refractivity contribution is 6.11. The molecule has 24 heavy (non-hydrogen) atoms. The average molecular weight is 329 g/mol. The van der Waals surface area contributed by atoms with Gasteiger partial charge in [-0.2, -0.15) is 0 Å². The second-order valence-corrected chi connectivity index (χ2v) is 6.21. The van der Waals surface area contributed by atoms with E-state index in [9.17, 15) is 9.59 Å². The molecule has 0 unspecified atom stereocenters. The number of fused-ring (bicyclic) bond motifs is 1. The van der Waals surface area contributed by atoms with Gasteiger partial charge in [-0.1, -0.05) is 18.2 Å². The number of hydrogen-bond acceptors (Lipinski definition) is 4. The Morgan fingerprint density at radius 3 is 2.88 bits per heavy atom. The molecular weight excluding hydrogens is 306 g/mol. The van der Waals surface area contributed by atoms with Crippen LogP contribution in [0.1, 0.15) is 13.3 Å². The normalized spacial score (nSPS) is 19.3. The van der Waals surface area contributed by atoms with Gasteiger partial charge in [0.1, 0.15) is 6.54 Å². The van der Waals surface area contributed by atoms with Crippen molar-refractivity contribution in [1.82, 2.24) is 4.90 Å². The first-order valence-corrected chi connectivity index (χ1v) is 8.21. The fraction of sp³-hybridized carbons (Fsp3) is 0.444. The molecule has 1 atom stereocenters. The van der Waals surface area contributed by atoms with Crippen molar-refractivity contribution in [2.45, 2.75) is 19.4 Å². The van der Waals surface area contributed by atoms with E-state index in [1.54, 1.807) is 12.0 Å². The van der Waals surface area contributed by atoms with Crippen LogP contribution in [0.5, 0.6) is 0 Å². The van der Waals surface area contributed by atoms with Crippen molar-refractivity contribution in [3.8, 4) is 0 Å². The number of anilines is 2. The Kier molecular flexibility index (Phi) is 4.97. The number of nitrogens with one attached hydrogen (secondary N) is 1. The minimum atomic E-state index is -0.274. The number of carbonyl (C=O) groups is 2. The Labute approximate surface area is 142 Å². The van der Waals surface area contributed by atoms with E-state index in [1.165, 1.54) is 5.57 Å². The van der Waals surface area contributed by atoms with Gasteiger partial charge in [0.2, 0.25) is 11.8 Å². The van der Waals surface area contributed by atoms with Gasteiger partial charge < -0.3 is 10.1 Å². The summed E-state index contributed by atoms with van der Waals surface area (Å²) in [7, 11) is 1.69. The summed E-state index contributed by atoms with van der Waals surface area (Å²) in [5, 5.41) is 2.81. The van der Waals surface area contributed by atoms with Crippen LogP contribution in [0.15, 0.2) is 35.9 Å². The van der Waals surface area contributed by atoms with Crippen LogP contribution in [0.3, 0.4) is 0 Å². The van der Waals surface area contributed by atoms with E-state index >= 15 is 0 Å². The molecule has 0 fully saturated rings. The molecule has 2 aliphatic heterocycles. The zero-order valence-corrected chi connectivity index (χ0v) is 14.1. The number of benzene rings is 1. The molecule has 1 aromatic carbocycles. The molecule has 1 aromatic rings. The van der Waals surface area contributed by atoms with E-state index in [4.69, 9.17) is 4.74 Å². The summed E-state index contributed by atoms with van der Waals surface area (Å²) < 4.78 is 5.16. The van der Waals surface area contributed by atoms with Crippen molar-refractivity contribution in [2.75, 3.05) is 43.6 Å². The molecule has 2 amide bonds. The van der Waals surface area contributed by atoms with Crippen LogP contribution in [-0.4, -0.2) is 56.1 Å². The van der Waals surface area contributed by atoms with E-state index in [1.807, 2.05) is 31.2 Å². The third kappa shape index (κ3) is 3.34. The van der Waals surface area contributed by atoms with Crippen molar-refractivity contribution in [2.24, 2.45) is 0 Å². The Hall–Kier alpha value is -2.18. The van der Waals surface area contributed by atoms with E-state index < -0.39 is 0 Å². The van der Waals surface area contributed by atoms with Crippen molar-refractivity contribution in [3.05, 3.63) is 35.9 Å². The molecular formula is C18H23N3O3. The Morgan fingerprint density at radius 2 is 2.17 bits per heavy atom. The van der Waals surface area contributed by atoms with Crippen LogP contribution >= 0.6 is 0 Å². The van der Waals surface area contributed by atoms with Gasteiger partial charge in [0, 0.05) is 20.2 Å². The molecule has 2 aliphatic rings. The van der Waals surface area contributed by atoms with Crippen molar-refractivity contribution in [3.63, 3.8) is 0 Å². The molecule has 0 radical (unpaired) electrons. The van der Waals surface area contributed by atoms with E-state index in [0.29, 0.717) is 12.3 Å². The van der Waals surface area contributed by atoms with Crippen LogP contribution in [0.25, 0.3) is 0 Å². The Morgan fingerprint density at radius 1 is 1.38 bits per heavy atom. The maximum atomic E-state index is 13.0. The highest BCUT2D eigenvalue weighted by Crippen LogP contribution is 2.30. The quantitative estimate of drug-likeness (QED) is 0.853. The third-order valence-electron chi connectivity index (χ3n) is 4.61. The maximum Gasteiger partial charge on any atom is 0.244 e. The van der Waals surface area contributed by atoms with Gasteiger partial charge in [0.15, 0.2) is 0 Å². The lowest BCUT2D eigenvalue weighted by Gasteiger charge is -2.36. The summed E-state index contributed by atoms with van der Waals surface area (Å²) in [6.07, 6.45) is 3.04. The minimum Gasteiger partial charge on any atom is -0.380 e.